The van der Waals surface area contributed by atoms with E-state index in [1.165, 1.54) is 0 Å². The molecule has 4 nitrogen and oxygen atoms in total. The van der Waals surface area contributed by atoms with E-state index in [-0.39, 0.29) is 6.61 Å². The van der Waals surface area contributed by atoms with Crippen LogP contribution in [-0.2, 0) is 13.0 Å². The van der Waals surface area contributed by atoms with Crippen molar-refractivity contribution in [3.8, 4) is 0 Å². The third-order valence-corrected chi connectivity index (χ3v) is 4.28. The van der Waals surface area contributed by atoms with Gasteiger partial charge in [-0.25, -0.2) is 4.68 Å². The molecule has 0 saturated heterocycles. The van der Waals surface area contributed by atoms with E-state index in [4.69, 9.17) is 5.11 Å². The minimum atomic E-state index is 0.254. The highest BCUT2D eigenvalue weighted by atomic mass is 79.9. The van der Waals surface area contributed by atoms with Gasteiger partial charge in [0.2, 0.25) is 0 Å². The third-order valence-electron chi connectivity index (χ3n) is 3.45. The Morgan fingerprint density at radius 3 is 3.00 bits per heavy atom. The summed E-state index contributed by atoms with van der Waals surface area (Å²) in [5.74, 6) is 2.28. The molecule has 1 aromatic heterocycles. The van der Waals surface area contributed by atoms with Crippen LogP contribution >= 0.6 is 15.9 Å². The second kappa shape index (κ2) is 6.06. The summed E-state index contributed by atoms with van der Waals surface area (Å²) in [6.07, 6.45) is 3.02. The zero-order chi connectivity index (χ0) is 13.1. The molecule has 1 aliphatic heterocycles. The number of hydrogen-bond acceptors (Lipinski definition) is 3. The molecule has 0 saturated carbocycles. The van der Waals surface area contributed by atoms with Gasteiger partial charge in [-0.1, -0.05) is 13.8 Å². The van der Waals surface area contributed by atoms with Crippen LogP contribution in [0.5, 0.6) is 0 Å². The van der Waals surface area contributed by atoms with Crippen molar-refractivity contribution >= 4 is 21.7 Å². The molecule has 0 aromatic carbocycles. The zero-order valence-corrected chi connectivity index (χ0v) is 12.7. The van der Waals surface area contributed by atoms with Crippen LogP contribution in [0.3, 0.4) is 0 Å². The number of rotatable bonds is 5. The summed E-state index contributed by atoms with van der Waals surface area (Å²) in [4.78, 5) is 0. The van der Waals surface area contributed by atoms with E-state index in [1.807, 2.05) is 4.68 Å². The van der Waals surface area contributed by atoms with Crippen LogP contribution in [0, 0.1) is 11.8 Å². The predicted octanol–water partition coefficient (Wildman–Crippen LogP) is 2.66. The lowest BCUT2D eigenvalue weighted by Crippen LogP contribution is -2.28. The molecular weight excluding hydrogens is 294 g/mol. The molecule has 0 spiro atoms. The van der Waals surface area contributed by atoms with Gasteiger partial charge in [0.05, 0.1) is 10.2 Å². The minimum absolute atomic E-state index is 0.254. The maximum atomic E-state index is 9.00. The maximum absolute atomic E-state index is 9.00. The van der Waals surface area contributed by atoms with Crippen molar-refractivity contribution in [3.63, 3.8) is 0 Å². The number of halogens is 1. The zero-order valence-electron chi connectivity index (χ0n) is 11.1. The molecular formula is C13H22BrN3O. The Morgan fingerprint density at radius 1 is 1.56 bits per heavy atom. The Balaban J connectivity index is 2.08. The van der Waals surface area contributed by atoms with E-state index in [2.05, 4.69) is 40.2 Å². The average molecular weight is 316 g/mol. The summed E-state index contributed by atoms with van der Waals surface area (Å²) in [5, 5.41) is 17.1. The number of hydrogen-bond donors (Lipinski definition) is 2. The molecule has 18 heavy (non-hydrogen) atoms. The van der Waals surface area contributed by atoms with Crippen molar-refractivity contribution in [2.75, 3.05) is 18.5 Å². The molecule has 2 N–H and O–H groups in total. The molecule has 0 aliphatic carbocycles. The molecule has 2 rings (SSSR count). The van der Waals surface area contributed by atoms with Crippen LogP contribution in [0.4, 0.5) is 5.82 Å². The number of aromatic nitrogens is 2. The number of nitrogens with one attached hydrogen (secondary N) is 1. The van der Waals surface area contributed by atoms with Gasteiger partial charge in [0.25, 0.3) is 0 Å². The Kier molecular flexibility index (Phi) is 4.67. The van der Waals surface area contributed by atoms with E-state index < -0.39 is 0 Å². The van der Waals surface area contributed by atoms with E-state index in [0.29, 0.717) is 11.8 Å². The first-order chi connectivity index (χ1) is 8.61. The normalized spacial score (nSPS) is 18.8. The highest BCUT2D eigenvalue weighted by molar-refractivity contribution is 9.10. The number of fused-ring (bicyclic) bond motifs is 1. The summed E-state index contributed by atoms with van der Waals surface area (Å²) >= 11 is 3.65. The van der Waals surface area contributed by atoms with Crippen LogP contribution in [0.25, 0.3) is 0 Å². The second-order valence-electron chi connectivity index (χ2n) is 5.48. The number of aliphatic hydroxyl groups excluding tert-OH is 1. The molecule has 5 heteroatoms. The van der Waals surface area contributed by atoms with E-state index in [0.717, 1.165) is 48.3 Å². The lowest BCUT2D eigenvalue weighted by atomic mass is 10.0. The topological polar surface area (TPSA) is 50.1 Å². The largest absolute Gasteiger partial charge is 0.396 e. The van der Waals surface area contributed by atoms with Crippen LogP contribution in [0.1, 0.15) is 32.4 Å². The number of aryl methyl sites for hydroxylation is 1. The molecule has 102 valence electrons. The smallest absolute Gasteiger partial charge is 0.139 e. The fourth-order valence-electron chi connectivity index (χ4n) is 2.30. The highest BCUT2D eigenvalue weighted by Gasteiger charge is 2.23. The van der Waals surface area contributed by atoms with Gasteiger partial charge in [-0.2, -0.15) is 5.10 Å². The monoisotopic (exact) mass is 315 g/mol. The van der Waals surface area contributed by atoms with Gasteiger partial charge in [0, 0.05) is 19.7 Å². The van der Waals surface area contributed by atoms with E-state index in [9.17, 15) is 0 Å². The number of anilines is 1. The van der Waals surface area contributed by atoms with Gasteiger partial charge in [-0.15, -0.1) is 0 Å². The lowest BCUT2D eigenvalue weighted by Gasteiger charge is -2.24. The van der Waals surface area contributed by atoms with Crippen molar-refractivity contribution in [2.24, 2.45) is 11.8 Å². The van der Waals surface area contributed by atoms with E-state index in [1.54, 1.807) is 0 Å². The standard InChI is InChI=1S/C13H22BrN3O/c1-9(2)3-4-11-12(14)13-15-7-10(5-6-18)8-17(13)16-11/h9-10,15,18H,3-8H2,1-2H3. The highest BCUT2D eigenvalue weighted by Crippen LogP contribution is 2.31. The fourth-order valence-corrected chi connectivity index (χ4v) is 2.92. The molecule has 0 fully saturated rings. The third kappa shape index (κ3) is 3.06. The summed E-state index contributed by atoms with van der Waals surface area (Å²) in [5.41, 5.74) is 1.15. The van der Waals surface area contributed by atoms with Gasteiger partial charge in [0.15, 0.2) is 0 Å². The molecule has 1 atom stereocenters. The second-order valence-corrected chi connectivity index (χ2v) is 6.28. The summed E-state index contributed by atoms with van der Waals surface area (Å²) in [6, 6.07) is 0. The Hall–Kier alpha value is -0.550. The van der Waals surface area contributed by atoms with Gasteiger partial charge in [-0.05, 0) is 47.0 Å². The maximum Gasteiger partial charge on any atom is 0.139 e. The molecule has 0 bridgehead atoms. The minimum Gasteiger partial charge on any atom is -0.396 e. The average Bonchev–Trinajstić information content (AvgIpc) is 2.64. The van der Waals surface area contributed by atoms with Crippen molar-refractivity contribution in [3.05, 3.63) is 10.2 Å². The van der Waals surface area contributed by atoms with Gasteiger partial charge >= 0.3 is 0 Å². The van der Waals surface area contributed by atoms with Crippen molar-refractivity contribution in [1.82, 2.24) is 9.78 Å². The Morgan fingerprint density at radius 2 is 2.33 bits per heavy atom. The first-order valence-electron chi connectivity index (χ1n) is 6.71. The lowest BCUT2D eigenvalue weighted by molar-refractivity contribution is 0.244. The first kappa shape index (κ1) is 13.9. The number of nitrogens with zero attached hydrogens (tertiary/aromatic N) is 2. The van der Waals surface area contributed by atoms with Crippen LogP contribution in [-0.4, -0.2) is 28.0 Å². The van der Waals surface area contributed by atoms with Crippen molar-refractivity contribution < 1.29 is 5.11 Å². The Labute approximate surface area is 117 Å². The van der Waals surface area contributed by atoms with Gasteiger partial charge in [0.1, 0.15) is 5.82 Å². The molecule has 0 amide bonds. The fraction of sp³-hybridized carbons (Fsp3) is 0.769. The van der Waals surface area contributed by atoms with Crippen molar-refractivity contribution in [2.45, 2.75) is 39.7 Å². The van der Waals surface area contributed by atoms with Crippen molar-refractivity contribution in [1.29, 1.82) is 0 Å². The molecule has 2 heterocycles. The van der Waals surface area contributed by atoms with Crippen LogP contribution in [0.15, 0.2) is 4.47 Å². The molecule has 0 radical (unpaired) electrons. The summed E-state index contributed by atoms with van der Waals surface area (Å²) in [7, 11) is 0. The Bertz CT molecular complexity index is 403. The van der Waals surface area contributed by atoms with Gasteiger partial charge < -0.3 is 10.4 Å². The summed E-state index contributed by atoms with van der Waals surface area (Å²) < 4.78 is 3.16. The molecule has 1 aromatic rings. The molecule has 1 aliphatic rings. The summed E-state index contributed by atoms with van der Waals surface area (Å²) in [6.45, 7) is 6.56. The first-order valence-corrected chi connectivity index (χ1v) is 7.51. The molecule has 1 unspecified atom stereocenters. The quantitative estimate of drug-likeness (QED) is 0.878. The number of aliphatic hydroxyl groups is 1. The van der Waals surface area contributed by atoms with Gasteiger partial charge in [-0.3, -0.25) is 0 Å². The SMILES string of the molecule is CC(C)CCc1nn2c(c1Br)NCC(CCO)C2. The van der Waals surface area contributed by atoms with Crippen LogP contribution in [0.2, 0.25) is 0 Å². The van der Waals surface area contributed by atoms with Crippen LogP contribution < -0.4 is 5.32 Å². The van der Waals surface area contributed by atoms with E-state index >= 15 is 0 Å². The predicted molar refractivity (Wildman–Crippen MR) is 76.8 cm³/mol.